The zero-order valence-corrected chi connectivity index (χ0v) is 15.1. The minimum Gasteiger partial charge on any atom is -0.207 e. The summed E-state index contributed by atoms with van der Waals surface area (Å²) >= 11 is 0. The SMILES string of the molecule is Cc1ccc([C@@H](C)NS(=O)(=O)c2ccc(-c3ccccc3)cc2)cc1. The topological polar surface area (TPSA) is 46.2 Å². The molecule has 1 N–H and O–H groups in total. The van der Waals surface area contributed by atoms with Crippen molar-refractivity contribution in [2.45, 2.75) is 24.8 Å². The van der Waals surface area contributed by atoms with Gasteiger partial charge >= 0.3 is 0 Å². The van der Waals surface area contributed by atoms with Crippen LogP contribution in [0.3, 0.4) is 0 Å². The van der Waals surface area contributed by atoms with Crippen LogP contribution in [0.4, 0.5) is 0 Å². The predicted octanol–water partition coefficient (Wildman–Crippen LogP) is 4.70. The molecule has 0 saturated heterocycles. The molecular formula is C21H21NO2S. The van der Waals surface area contributed by atoms with Crippen LogP contribution in [0.5, 0.6) is 0 Å². The number of rotatable bonds is 5. The maximum atomic E-state index is 12.6. The van der Waals surface area contributed by atoms with Gasteiger partial charge in [-0.2, -0.15) is 0 Å². The van der Waals surface area contributed by atoms with Crippen molar-refractivity contribution in [1.29, 1.82) is 0 Å². The third-order valence-electron chi connectivity index (χ3n) is 4.18. The van der Waals surface area contributed by atoms with Gasteiger partial charge in [-0.05, 0) is 42.7 Å². The van der Waals surface area contributed by atoms with Gasteiger partial charge in [0.2, 0.25) is 10.0 Å². The summed E-state index contributed by atoms with van der Waals surface area (Å²) in [5.41, 5.74) is 4.14. The highest BCUT2D eigenvalue weighted by molar-refractivity contribution is 7.89. The third-order valence-corrected chi connectivity index (χ3v) is 5.74. The van der Waals surface area contributed by atoms with E-state index in [-0.39, 0.29) is 10.9 Å². The molecule has 0 aliphatic carbocycles. The molecule has 128 valence electrons. The molecule has 3 rings (SSSR count). The first kappa shape index (κ1) is 17.4. The molecule has 25 heavy (non-hydrogen) atoms. The van der Waals surface area contributed by atoms with Gasteiger partial charge in [-0.3, -0.25) is 0 Å². The Bertz CT molecular complexity index is 931. The lowest BCUT2D eigenvalue weighted by molar-refractivity contribution is 0.567. The van der Waals surface area contributed by atoms with Crippen molar-refractivity contribution in [1.82, 2.24) is 4.72 Å². The van der Waals surface area contributed by atoms with Crippen molar-refractivity contribution in [2.75, 3.05) is 0 Å². The number of hydrogen-bond acceptors (Lipinski definition) is 2. The summed E-state index contributed by atoms with van der Waals surface area (Å²) in [6.07, 6.45) is 0. The lowest BCUT2D eigenvalue weighted by atomic mass is 10.1. The lowest BCUT2D eigenvalue weighted by Gasteiger charge is -2.15. The number of nitrogens with one attached hydrogen (secondary N) is 1. The van der Waals surface area contributed by atoms with Crippen LogP contribution in [0.1, 0.15) is 24.1 Å². The van der Waals surface area contributed by atoms with Crippen LogP contribution in [0.2, 0.25) is 0 Å². The van der Waals surface area contributed by atoms with Crippen molar-refractivity contribution >= 4 is 10.0 Å². The molecule has 0 amide bonds. The standard InChI is InChI=1S/C21H21NO2S/c1-16-8-10-18(11-9-16)17(2)22-25(23,24)21-14-12-20(13-15-21)19-6-4-3-5-7-19/h3-15,17,22H,1-2H3/t17-/m1/s1. The predicted molar refractivity (Wildman–Crippen MR) is 102 cm³/mol. The molecule has 0 aromatic heterocycles. The number of sulfonamides is 1. The van der Waals surface area contributed by atoms with E-state index >= 15 is 0 Å². The van der Waals surface area contributed by atoms with E-state index in [0.717, 1.165) is 22.3 Å². The fourth-order valence-corrected chi connectivity index (χ4v) is 3.91. The van der Waals surface area contributed by atoms with Crippen LogP contribution in [-0.4, -0.2) is 8.42 Å². The second kappa shape index (κ2) is 7.21. The average Bonchev–Trinajstić information content (AvgIpc) is 2.63. The molecule has 0 aliphatic rings. The van der Waals surface area contributed by atoms with Crippen LogP contribution < -0.4 is 4.72 Å². The van der Waals surface area contributed by atoms with Crippen molar-refractivity contribution in [2.24, 2.45) is 0 Å². The summed E-state index contributed by atoms with van der Waals surface area (Å²) in [5, 5.41) is 0. The Labute approximate surface area is 149 Å². The number of aryl methyl sites for hydroxylation is 1. The fourth-order valence-electron chi connectivity index (χ4n) is 2.68. The molecular weight excluding hydrogens is 330 g/mol. The van der Waals surface area contributed by atoms with E-state index in [1.54, 1.807) is 12.1 Å². The van der Waals surface area contributed by atoms with Gasteiger partial charge in [-0.25, -0.2) is 13.1 Å². The van der Waals surface area contributed by atoms with Gasteiger partial charge in [0.1, 0.15) is 0 Å². The monoisotopic (exact) mass is 351 g/mol. The second-order valence-corrected chi connectivity index (χ2v) is 7.86. The maximum Gasteiger partial charge on any atom is 0.241 e. The van der Waals surface area contributed by atoms with Gasteiger partial charge in [0.05, 0.1) is 4.90 Å². The Hall–Kier alpha value is -2.43. The van der Waals surface area contributed by atoms with Gasteiger partial charge in [-0.1, -0.05) is 72.3 Å². The largest absolute Gasteiger partial charge is 0.241 e. The molecule has 0 spiro atoms. The van der Waals surface area contributed by atoms with E-state index in [9.17, 15) is 8.42 Å². The molecule has 3 nitrogen and oxygen atoms in total. The molecule has 3 aromatic carbocycles. The van der Waals surface area contributed by atoms with Crippen LogP contribution in [0.25, 0.3) is 11.1 Å². The Balaban J connectivity index is 1.79. The van der Waals surface area contributed by atoms with Gasteiger partial charge in [-0.15, -0.1) is 0 Å². The molecule has 3 aromatic rings. The maximum absolute atomic E-state index is 12.6. The highest BCUT2D eigenvalue weighted by Gasteiger charge is 2.18. The number of benzene rings is 3. The fraction of sp³-hybridized carbons (Fsp3) is 0.143. The highest BCUT2D eigenvalue weighted by Crippen LogP contribution is 2.22. The summed E-state index contributed by atoms with van der Waals surface area (Å²) < 4.78 is 28.0. The third kappa shape index (κ3) is 4.16. The Morgan fingerprint density at radius 1 is 0.760 bits per heavy atom. The van der Waals surface area contributed by atoms with Gasteiger partial charge in [0, 0.05) is 6.04 Å². The van der Waals surface area contributed by atoms with Gasteiger partial charge in [0.25, 0.3) is 0 Å². The molecule has 0 fully saturated rings. The lowest BCUT2D eigenvalue weighted by Crippen LogP contribution is -2.26. The first-order valence-electron chi connectivity index (χ1n) is 8.20. The average molecular weight is 351 g/mol. The quantitative estimate of drug-likeness (QED) is 0.724. The van der Waals surface area contributed by atoms with E-state index in [2.05, 4.69) is 4.72 Å². The first-order valence-corrected chi connectivity index (χ1v) is 9.68. The van der Waals surface area contributed by atoms with E-state index in [0.29, 0.717) is 0 Å². The van der Waals surface area contributed by atoms with E-state index < -0.39 is 10.0 Å². The minimum absolute atomic E-state index is 0.270. The van der Waals surface area contributed by atoms with Crippen molar-refractivity contribution in [3.8, 4) is 11.1 Å². The molecule has 0 bridgehead atoms. The second-order valence-electron chi connectivity index (χ2n) is 6.14. The zero-order valence-electron chi connectivity index (χ0n) is 14.3. The smallest absolute Gasteiger partial charge is 0.207 e. The molecule has 1 atom stereocenters. The molecule has 0 unspecified atom stereocenters. The highest BCUT2D eigenvalue weighted by atomic mass is 32.2. The van der Waals surface area contributed by atoms with Gasteiger partial charge < -0.3 is 0 Å². The Morgan fingerprint density at radius 3 is 1.92 bits per heavy atom. The van der Waals surface area contributed by atoms with Crippen LogP contribution in [0.15, 0.2) is 83.8 Å². The van der Waals surface area contributed by atoms with Crippen LogP contribution >= 0.6 is 0 Å². The molecule has 0 heterocycles. The van der Waals surface area contributed by atoms with Crippen LogP contribution in [-0.2, 0) is 10.0 Å². The first-order chi connectivity index (χ1) is 12.0. The summed E-state index contributed by atoms with van der Waals surface area (Å²) in [7, 11) is -3.57. The molecule has 0 saturated carbocycles. The summed E-state index contributed by atoms with van der Waals surface area (Å²) in [5.74, 6) is 0. The van der Waals surface area contributed by atoms with Crippen LogP contribution in [0, 0.1) is 6.92 Å². The summed E-state index contributed by atoms with van der Waals surface area (Å²) in [6.45, 7) is 3.85. The normalized spacial score (nSPS) is 12.7. The van der Waals surface area contributed by atoms with E-state index in [4.69, 9.17) is 0 Å². The van der Waals surface area contributed by atoms with E-state index in [1.807, 2.05) is 80.6 Å². The Kier molecular flexibility index (Phi) is 5.02. The van der Waals surface area contributed by atoms with Crippen molar-refractivity contribution < 1.29 is 8.42 Å². The summed E-state index contributed by atoms with van der Waals surface area (Å²) in [4.78, 5) is 0.270. The Morgan fingerprint density at radius 2 is 1.32 bits per heavy atom. The van der Waals surface area contributed by atoms with E-state index in [1.165, 1.54) is 0 Å². The van der Waals surface area contributed by atoms with Crippen molar-refractivity contribution in [3.05, 3.63) is 90.0 Å². The minimum atomic E-state index is -3.57. The van der Waals surface area contributed by atoms with Crippen molar-refractivity contribution in [3.63, 3.8) is 0 Å². The summed E-state index contributed by atoms with van der Waals surface area (Å²) in [6, 6.07) is 24.4. The molecule has 0 aliphatic heterocycles. The number of hydrogen-bond donors (Lipinski definition) is 1. The molecule has 4 heteroatoms. The zero-order chi connectivity index (χ0) is 17.9. The molecule has 0 radical (unpaired) electrons. The van der Waals surface area contributed by atoms with Gasteiger partial charge in [0.15, 0.2) is 0 Å².